The molecule has 80 valence electrons. The molecule has 0 aromatic heterocycles. The normalized spacial score (nSPS) is 20.1. The van der Waals surface area contributed by atoms with Crippen molar-refractivity contribution in [2.45, 2.75) is 12.2 Å². The molecule has 15 heavy (non-hydrogen) atoms. The second kappa shape index (κ2) is 5.03. The summed E-state index contributed by atoms with van der Waals surface area (Å²) in [6.45, 7) is 3.00. The predicted molar refractivity (Wildman–Crippen MR) is 72.3 cm³/mol. The summed E-state index contributed by atoms with van der Waals surface area (Å²) < 4.78 is 0. The molecule has 0 bridgehead atoms. The van der Waals surface area contributed by atoms with Crippen molar-refractivity contribution in [3.05, 3.63) is 29.8 Å². The molecule has 0 spiro atoms. The van der Waals surface area contributed by atoms with E-state index in [4.69, 9.17) is 0 Å². The van der Waals surface area contributed by atoms with Gasteiger partial charge >= 0.3 is 0 Å². The minimum absolute atomic E-state index is 0.581. The number of aliphatic imine (C=N–C) groups is 1. The Morgan fingerprint density at radius 3 is 3.13 bits per heavy atom. The zero-order valence-electron chi connectivity index (χ0n) is 8.53. The number of alkyl halides is 1. The molecule has 1 atom stereocenters. The maximum absolute atomic E-state index is 4.45. The van der Waals surface area contributed by atoms with E-state index < -0.39 is 0 Å². The molecule has 0 fully saturated rings. The van der Waals surface area contributed by atoms with Crippen molar-refractivity contribution >= 4 is 38.5 Å². The second-order valence-electron chi connectivity index (χ2n) is 3.53. The lowest BCUT2D eigenvalue weighted by Crippen LogP contribution is -2.08. The van der Waals surface area contributed by atoms with Gasteiger partial charge in [0, 0.05) is 16.3 Å². The van der Waals surface area contributed by atoms with E-state index in [2.05, 4.69) is 57.4 Å². The summed E-state index contributed by atoms with van der Waals surface area (Å²) in [7, 11) is 0. The standard InChI is InChI=1S/C11H13BrN2S/c1-8-3-2-4-9(5-8)14-11-13-7-10(6-12)15-11/h2-5,10H,6-7H2,1H3,(H,13,14)/t10-/m0/s1. The van der Waals surface area contributed by atoms with Crippen LogP contribution in [0.5, 0.6) is 0 Å². The Morgan fingerprint density at radius 1 is 1.60 bits per heavy atom. The molecule has 1 aromatic carbocycles. The Morgan fingerprint density at radius 2 is 2.47 bits per heavy atom. The summed E-state index contributed by atoms with van der Waals surface area (Å²) in [5, 5.41) is 5.95. The van der Waals surface area contributed by atoms with Gasteiger partial charge in [-0.2, -0.15) is 0 Å². The fourth-order valence-electron chi connectivity index (χ4n) is 1.41. The van der Waals surface area contributed by atoms with Crippen LogP contribution < -0.4 is 5.32 Å². The molecule has 1 aromatic rings. The highest BCUT2D eigenvalue weighted by Crippen LogP contribution is 2.24. The fraction of sp³-hybridized carbons (Fsp3) is 0.364. The maximum atomic E-state index is 4.45. The maximum Gasteiger partial charge on any atom is 0.161 e. The number of nitrogens with one attached hydrogen (secondary N) is 1. The highest BCUT2D eigenvalue weighted by molar-refractivity contribution is 9.09. The van der Waals surface area contributed by atoms with Crippen LogP contribution >= 0.6 is 27.7 Å². The lowest BCUT2D eigenvalue weighted by molar-refractivity contribution is 0.993. The highest BCUT2D eigenvalue weighted by atomic mass is 79.9. The van der Waals surface area contributed by atoms with Gasteiger partial charge < -0.3 is 5.32 Å². The summed E-state index contributed by atoms with van der Waals surface area (Å²) in [6, 6.07) is 8.35. The van der Waals surface area contributed by atoms with Crippen molar-refractivity contribution in [2.75, 3.05) is 17.2 Å². The largest absolute Gasteiger partial charge is 0.335 e. The zero-order valence-corrected chi connectivity index (χ0v) is 10.9. The van der Waals surface area contributed by atoms with Crippen LogP contribution in [0.4, 0.5) is 5.69 Å². The van der Waals surface area contributed by atoms with Crippen LogP contribution in [-0.2, 0) is 0 Å². The molecular formula is C11H13BrN2S. The first-order valence-electron chi connectivity index (χ1n) is 4.88. The summed E-state index contributed by atoms with van der Waals surface area (Å²) >= 11 is 5.28. The van der Waals surface area contributed by atoms with Gasteiger partial charge in [-0.25, -0.2) is 0 Å². The summed E-state index contributed by atoms with van der Waals surface area (Å²) in [4.78, 5) is 4.45. The topological polar surface area (TPSA) is 24.4 Å². The van der Waals surface area contributed by atoms with Crippen LogP contribution in [0.3, 0.4) is 0 Å². The summed E-state index contributed by atoms with van der Waals surface area (Å²) in [5.74, 6) is 0. The molecule has 1 heterocycles. The number of benzene rings is 1. The Kier molecular flexibility index (Phi) is 3.70. The molecule has 0 unspecified atom stereocenters. The molecule has 0 amide bonds. The third-order valence-corrected chi connectivity index (χ3v) is 4.47. The van der Waals surface area contributed by atoms with Crippen LogP contribution in [-0.4, -0.2) is 22.3 Å². The first-order chi connectivity index (χ1) is 7.28. The van der Waals surface area contributed by atoms with E-state index in [1.807, 2.05) is 0 Å². The van der Waals surface area contributed by atoms with Crippen molar-refractivity contribution in [2.24, 2.45) is 4.99 Å². The molecule has 1 aliphatic rings. The van der Waals surface area contributed by atoms with Crippen molar-refractivity contribution in [3.63, 3.8) is 0 Å². The van der Waals surface area contributed by atoms with Gasteiger partial charge in [0.2, 0.25) is 0 Å². The first kappa shape index (κ1) is 11.0. The number of halogens is 1. The number of amidine groups is 1. The van der Waals surface area contributed by atoms with Gasteiger partial charge in [-0.1, -0.05) is 39.8 Å². The van der Waals surface area contributed by atoms with Crippen molar-refractivity contribution in [1.29, 1.82) is 0 Å². The molecular weight excluding hydrogens is 272 g/mol. The van der Waals surface area contributed by atoms with E-state index in [1.165, 1.54) is 5.56 Å². The molecule has 0 saturated carbocycles. The minimum Gasteiger partial charge on any atom is -0.335 e. The second-order valence-corrected chi connectivity index (χ2v) is 5.47. The van der Waals surface area contributed by atoms with Gasteiger partial charge in [0.15, 0.2) is 5.17 Å². The number of hydrogen-bond donors (Lipinski definition) is 1. The predicted octanol–water partition coefficient (Wildman–Crippen LogP) is 3.27. The van der Waals surface area contributed by atoms with Crippen molar-refractivity contribution in [1.82, 2.24) is 0 Å². The summed E-state index contributed by atoms with van der Waals surface area (Å²) in [5.41, 5.74) is 2.39. The van der Waals surface area contributed by atoms with E-state index in [1.54, 1.807) is 11.8 Å². The highest BCUT2D eigenvalue weighted by Gasteiger charge is 2.18. The van der Waals surface area contributed by atoms with Crippen LogP contribution in [0.25, 0.3) is 0 Å². The van der Waals surface area contributed by atoms with Crippen LogP contribution in [0, 0.1) is 6.92 Å². The van der Waals surface area contributed by atoms with Gasteiger partial charge in [-0.3, -0.25) is 4.99 Å². The third-order valence-electron chi connectivity index (χ3n) is 2.16. The van der Waals surface area contributed by atoms with Gasteiger partial charge in [0.1, 0.15) is 0 Å². The zero-order chi connectivity index (χ0) is 10.7. The molecule has 1 N–H and O–H groups in total. The molecule has 1 aliphatic heterocycles. The Balaban J connectivity index is 1.98. The number of aryl methyl sites for hydroxylation is 1. The lowest BCUT2D eigenvalue weighted by Gasteiger charge is -2.07. The smallest absolute Gasteiger partial charge is 0.161 e. The van der Waals surface area contributed by atoms with Gasteiger partial charge in [0.25, 0.3) is 0 Å². The first-order valence-corrected chi connectivity index (χ1v) is 6.89. The van der Waals surface area contributed by atoms with Crippen molar-refractivity contribution < 1.29 is 0 Å². The molecule has 0 radical (unpaired) electrons. The fourth-order valence-corrected chi connectivity index (χ4v) is 2.87. The average molecular weight is 285 g/mol. The van der Waals surface area contributed by atoms with E-state index in [-0.39, 0.29) is 0 Å². The van der Waals surface area contributed by atoms with E-state index in [0.717, 1.165) is 22.7 Å². The van der Waals surface area contributed by atoms with E-state index in [0.29, 0.717) is 5.25 Å². The Hall–Kier alpha value is -0.480. The van der Waals surface area contributed by atoms with Gasteiger partial charge in [0.05, 0.1) is 6.54 Å². The van der Waals surface area contributed by atoms with Gasteiger partial charge in [-0.15, -0.1) is 0 Å². The molecule has 0 aliphatic carbocycles. The summed E-state index contributed by atoms with van der Waals surface area (Å²) in [6.07, 6.45) is 0. The molecule has 2 nitrogen and oxygen atoms in total. The van der Waals surface area contributed by atoms with Crippen molar-refractivity contribution in [3.8, 4) is 0 Å². The molecule has 2 rings (SSSR count). The third kappa shape index (κ3) is 2.98. The number of hydrogen-bond acceptors (Lipinski definition) is 3. The molecule has 4 heteroatoms. The minimum atomic E-state index is 0.581. The van der Waals surface area contributed by atoms with E-state index >= 15 is 0 Å². The number of rotatable bonds is 2. The SMILES string of the molecule is Cc1cccc(NC2=NC[C@H](CBr)S2)c1. The van der Waals surface area contributed by atoms with Gasteiger partial charge in [-0.05, 0) is 24.6 Å². The number of thioether (sulfide) groups is 1. The Bertz CT molecular complexity index is 379. The number of anilines is 1. The Labute approximate surface area is 103 Å². The molecule has 0 saturated heterocycles. The van der Waals surface area contributed by atoms with Crippen LogP contribution in [0.2, 0.25) is 0 Å². The van der Waals surface area contributed by atoms with Crippen LogP contribution in [0.15, 0.2) is 29.3 Å². The van der Waals surface area contributed by atoms with Crippen LogP contribution in [0.1, 0.15) is 5.56 Å². The lowest BCUT2D eigenvalue weighted by atomic mass is 10.2. The number of nitrogens with zero attached hydrogens (tertiary/aromatic N) is 1. The van der Waals surface area contributed by atoms with E-state index in [9.17, 15) is 0 Å². The average Bonchev–Trinajstić information content (AvgIpc) is 2.65. The monoisotopic (exact) mass is 284 g/mol. The quantitative estimate of drug-likeness (QED) is 0.843.